The number of rotatable bonds is 34. The number of nitrogens with zero attached hydrogens (tertiary/aromatic N) is 12. The van der Waals surface area contributed by atoms with E-state index < -0.39 is 189 Å². The lowest BCUT2D eigenvalue weighted by Crippen LogP contribution is -2.42. The maximum Gasteiger partial charge on any atom is 0.338 e. The van der Waals surface area contributed by atoms with Crippen molar-refractivity contribution in [3.05, 3.63) is 285 Å². The highest BCUT2D eigenvalue weighted by Crippen LogP contribution is 2.46. The maximum atomic E-state index is 14.5. The molecule has 0 aliphatic carbocycles. The summed E-state index contributed by atoms with van der Waals surface area (Å²) in [6.07, 6.45) is 10.1. The summed E-state index contributed by atoms with van der Waals surface area (Å²) < 4.78 is 183. The van der Waals surface area contributed by atoms with Crippen LogP contribution in [0.5, 0.6) is 0 Å². The number of amidine groups is 4. The fraction of sp³-hybridized carbons (Fsp3) is 0.354. The number of hydrogen-bond donors (Lipinski definition) is 8. The van der Waals surface area contributed by atoms with Gasteiger partial charge in [0.1, 0.15) is 60.2 Å². The number of carbonyl (C=O) groups is 8. The molecule has 52 heteroatoms. The molecule has 786 valence electrons. The average Bonchev–Trinajstić information content (AvgIpc) is 1.41. The number of carboxylic acids is 4. The first-order valence-corrected chi connectivity index (χ1v) is 51.0. The number of aromatic nitrogens is 4. The molecule has 5 unspecified atom stereocenters. The molecule has 4 saturated heterocycles. The summed E-state index contributed by atoms with van der Waals surface area (Å²) in [4.78, 5) is 138. The van der Waals surface area contributed by atoms with Gasteiger partial charge in [-0.2, -0.15) is 0 Å². The Balaban J connectivity index is 0.000000165. The number of aliphatic imine (C=N–C) groups is 4. The van der Waals surface area contributed by atoms with Crippen LogP contribution in [0.15, 0.2) is 230 Å². The van der Waals surface area contributed by atoms with Crippen molar-refractivity contribution in [2.24, 2.45) is 20.0 Å². The number of hydrogen-bond acceptors (Lipinski definition) is 33. The molecule has 8 aromatic rings. The van der Waals surface area contributed by atoms with E-state index in [0.29, 0.717) is 68.6 Å². The third kappa shape index (κ3) is 29.5. The van der Waals surface area contributed by atoms with Gasteiger partial charge in [-0.1, -0.05) is 97.6 Å². The monoisotopic (exact) mass is 2300 g/mol. The molecule has 8 aliphatic rings. The van der Waals surface area contributed by atoms with Crippen LogP contribution in [-0.2, 0) is 62.0 Å². The molecule has 12 heterocycles. The molecule has 8 aliphatic heterocycles. The third-order valence-corrected chi connectivity index (χ3v) is 28.3. The van der Waals surface area contributed by atoms with Gasteiger partial charge in [0.2, 0.25) is 0 Å². The second-order valence-corrected chi connectivity index (χ2v) is 39.6. The van der Waals surface area contributed by atoms with Crippen molar-refractivity contribution < 1.29 is 131 Å². The van der Waals surface area contributed by atoms with E-state index in [9.17, 15) is 86.7 Å². The maximum absolute atomic E-state index is 14.5. The highest BCUT2D eigenvalue weighted by molar-refractivity contribution is 9.10. The minimum atomic E-state index is -3.07. The van der Waals surface area contributed by atoms with Gasteiger partial charge in [-0.3, -0.25) is 39.6 Å². The van der Waals surface area contributed by atoms with Crippen LogP contribution in [0.3, 0.4) is 0 Å². The summed E-state index contributed by atoms with van der Waals surface area (Å²) in [5.74, 6) is -17.7. The zero-order valence-electron chi connectivity index (χ0n) is 78.2. The number of ether oxygens (including phenoxy) is 5. The first-order valence-electron chi connectivity index (χ1n) is 45.2. The topological polar surface area (TPSA) is 426 Å². The van der Waals surface area contributed by atoms with Crippen molar-refractivity contribution >= 4 is 172 Å². The van der Waals surface area contributed by atoms with Crippen molar-refractivity contribution in [3.8, 4) is 0 Å². The first kappa shape index (κ1) is 113. The predicted molar refractivity (Wildman–Crippen MR) is 532 cm³/mol. The molecule has 148 heavy (non-hydrogen) atoms. The molecule has 0 spiro atoms. The van der Waals surface area contributed by atoms with E-state index in [1.807, 2.05) is 0 Å². The number of benzene rings is 4. The number of halogens is 15. The summed E-state index contributed by atoms with van der Waals surface area (Å²) in [5, 5.41) is 57.3. The normalized spacial score (nSPS) is 21.8. The van der Waals surface area contributed by atoms with Gasteiger partial charge in [-0.25, -0.2) is 107 Å². The molecule has 16 rings (SSSR count). The average molecular weight is 2310 g/mol. The molecule has 0 amide bonds. The van der Waals surface area contributed by atoms with Gasteiger partial charge < -0.3 is 65.4 Å². The van der Waals surface area contributed by atoms with E-state index in [4.69, 9.17) is 72.3 Å². The van der Waals surface area contributed by atoms with Crippen LogP contribution in [0.25, 0.3) is 0 Å². The standard InChI is InChI=1S/C24H22BrF3N4O4S.C24H23BrF2N4O4S.C24H24ClF3N4O5S.C24H22ClF3N4O4S/c1-2-36-23(35)19-17(11-32-12-24(27,28)10-14(32)4-6-18(33)34)30-21(22-29-7-8-37-22)31-20(19)15-5-3-13(26)9-16(15)25;1-2-35-24(34)20-18(12-31-11-14(27)9-15(31)4-6-19(32)33)29-22(23-28-7-8-36-23)30-21(20)16-5-3-13(26)10-17(16)25;1-2-37-23(35)19-17(9-32-12-24(27,28)8-14(32)10-36-11-18(33)34)30-21(22-29-5-6-38-22)31-20(19)15-4-3-13(26)7-16(15)25;1-2-36-23(35)19-17(11-32-12-24(27,28)10-14(32)4-6-18(33)34)30-21(22-29-7-8-37-22)31-20(19)15-5-3-13(26)9-16(15)25/h3-9,14,20H,2,10-12H2,1H3,(H,30,31)(H,33,34);3-8,10,14-15,21H,2,9,11-12H2,1H3,(H,29,30)(H,32,33);3-7,14,20H,2,8-12H2,1H3,(H,30,31)(H,33,34);3-9,14,20H,2,10-12H2,1H3,(H,30,31)(H,33,34)/b2*6-4+;;6-4+/t14?,20-;14?,15?,21-;2*14?,20-/m0000/s1. The zero-order valence-corrected chi connectivity index (χ0v) is 86.2. The Kier molecular flexibility index (Phi) is 38.8. The van der Waals surface area contributed by atoms with Crippen molar-refractivity contribution in [1.82, 2.24) is 60.8 Å². The smallest absolute Gasteiger partial charge is 0.338 e. The minimum Gasteiger partial charge on any atom is -0.480 e. The van der Waals surface area contributed by atoms with Crippen LogP contribution < -0.4 is 21.3 Å². The first-order chi connectivity index (χ1) is 70.5. The third-order valence-electron chi connectivity index (χ3n) is 23.1. The number of likely N-dealkylation sites (tertiary alicyclic amines) is 4. The van der Waals surface area contributed by atoms with Crippen LogP contribution >= 0.6 is 100 Å². The summed E-state index contributed by atoms with van der Waals surface area (Å²) in [6, 6.07) is 8.43. The molecule has 33 nitrogen and oxygen atoms in total. The Morgan fingerprint density at radius 3 is 1.03 bits per heavy atom. The number of carbonyl (C=O) groups excluding carboxylic acids is 4. The van der Waals surface area contributed by atoms with Gasteiger partial charge >= 0.3 is 47.8 Å². The van der Waals surface area contributed by atoms with Crippen molar-refractivity contribution in [2.45, 2.75) is 126 Å². The quantitative estimate of drug-likeness (QED) is 0.00803. The van der Waals surface area contributed by atoms with Crippen LogP contribution in [0, 0.1) is 23.3 Å². The van der Waals surface area contributed by atoms with Crippen LogP contribution in [0.1, 0.15) is 120 Å². The summed E-state index contributed by atoms with van der Waals surface area (Å²) in [6.45, 7) is 3.66. The number of thiazole rings is 4. The molecule has 4 fully saturated rings. The van der Waals surface area contributed by atoms with E-state index in [1.165, 1.54) is 133 Å². The largest absolute Gasteiger partial charge is 0.480 e. The second kappa shape index (κ2) is 50.9. The lowest BCUT2D eigenvalue weighted by atomic mass is 9.95. The Labute approximate surface area is 879 Å². The van der Waals surface area contributed by atoms with Crippen molar-refractivity contribution in [2.75, 3.05) is 92.0 Å². The van der Waals surface area contributed by atoms with Gasteiger partial charge in [-0.05, 0) is 93.8 Å². The van der Waals surface area contributed by atoms with E-state index in [0.717, 1.165) is 30.4 Å². The SMILES string of the molecule is CCOC(=O)C1=C(CN2CC(F)(F)CC2/C=C/C(=O)O)NC(c2nccs2)=N[C@H]1c1ccc(F)cc1Br.CCOC(=O)C1=C(CN2CC(F)(F)CC2/C=C/C(=O)O)NC(c2nccs2)=N[C@H]1c1ccc(F)cc1Cl.CCOC(=O)C1=C(CN2CC(F)(F)CC2COCC(=O)O)NC(c2nccs2)=N[C@H]1c1ccc(F)cc1Cl.CCOC(=O)C1=C(CN2CC(F)CC2/C=C/C(=O)O)NC(c2nccs2)=N[C@H]1c1ccc(F)cc1Br. The molecule has 8 N–H and O–H groups in total. The highest BCUT2D eigenvalue weighted by Gasteiger charge is 2.50. The van der Waals surface area contributed by atoms with Gasteiger partial charge in [0.25, 0.3) is 17.8 Å². The Morgan fingerprint density at radius 1 is 0.432 bits per heavy atom. The van der Waals surface area contributed by atoms with E-state index in [-0.39, 0.29) is 133 Å². The number of esters is 4. The second-order valence-electron chi connectivity index (χ2n) is 33.5. The molecule has 0 bridgehead atoms. The van der Waals surface area contributed by atoms with E-state index >= 15 is 0 Å². The lowest BCUT2D eigenvalue weighted by molar-refractivity contribution is -0.143. The van der Waals surface area contributed by atoms with E-state index in [1.54, 1.807) is 85.0 Å². The molecule has 4 aromatic carbocycles. The van der Waals surface area contributed by atoms with Gasteiger partial charge in [-0.15, -0.1) is 45.3 Å². The zero-order chi connectivity index (χ0) is 107. The Morgan fingerprint density at radius 2 is 0.730 bits per heavy atom. The molecule has 9 atom stereocenters. The van der Waals surface area contributed by atoms with E-state index in [2.05, 4.69) is 88.0 Å². The Hall–Kier alpha value is -12.2. The summed E-state index contributed by atoms with van der Waals surface area (Å²) in [5.41, 5.74) is 3.09. The van der Waals surface area contributed by atoms with Crippen LogP contribution in [0.2, 0.25) is 10.0 Å². The Bertz CT molecular complexity index is 6410. The molecule has 0 radical (unpaired) electrons. The number of aliphatic carboxylic acids is 4. The van der Waals surface area contributed by atoms with Crippen molar-refractivity contribution in [1.29, 1.82) is 0 Å². The lowest BCUT2D eigenvalue weighted by Gasteiger charge is -2.31. The molecular weight excluding hydrogens is 2220 g/mol. The van der Waals surface area contributed by atoms with Gasteiger partial charge in [0.05, 0.1) is 75.0 Å². The van der Waals surface area contributed by atoms with Gasteiger partial charge in [0, 0.05) is 194 Å². The number of carboxylic acid groups (broad SMARTS) is 4. The fourth-order valence-corrected chi connectivity index (χ4v) is 21.1. The minimum absolute atomic E-state index is 0.0188. The van der Waals surface area contributed by atoms with Crippen LogP contribution in [-0.4, -0.2) is 271 Å². The summed E-state index contributed by atoms with van der Waals surface area (Å²) >= 11 is 24.6. The van der Waals surface area contributed by atoms with Crippen LogP contribution in [0.4, 0.5) is 48.3 Å². The molecule has 4 aromatic heterocycles. The predicted octanol–water partition coefficient (Wildman–Crippen LogP) is 16.2. The molecular formula is C96H91Br2Cl2F11N16O17S4. The molecule has 0 saturated carbocycles. The van der Waals surface area contributed by atoms with Gasteiger partial charge in [0.15, 0.2) is 43.4 Å². The summed E-state index contributed by atoms with van der Waals surface area (Å²) in [7, 11) is 0. The fourth-order valence-electron chi connectivity index (χ4n) is 17.1. The highest BCUT2D eigenvalue weighted by atomic mass is 79.9. The number of alkyl halides is 7. The van der Waals surface area contributed by atoms with Crippen molar-refractivity contribution in [3.63, 3.8) is 0 Å². The number of nitrogens with one attached hydrogen (secondary N) is 4.